The van der Waals surface area contributed by atoms with Gasteiger partial charge in [0.1, 0.15) is 5.82 Å². The minimum atomic E-state index is 0.0874. The van der Waals surface area contributed by atoms with Crippen molar-refractivity contribution < 1.29 is 5.11 Å². The van der Waals surface area contributed by atoms with Gasteiger partial charge in [-0.25, -0.2) is 9.67 Å². The number of hydrogen-bond acceptors (Lipinski definition) is 5. The molecule has 0 bridgehead atoms. The number of rotatable bonds is 4. The molecule has 0 unspecified atom stereocenters. The Morgan fingerprint density at radius 2 is 2.05 bits per heavy atom. The highest BCUT2D eigenvalue weighted by Crippen LogP contribution is 2.22. The SMILES string of the molecule is Cc1c(CCO)nnn1-c1ccc(N2CCC(C)CC2)nc1. The molecule has 0 atom stereocenters. The topological polar surface area (TPSA) is 67.1 Å². The maximum atomic E-state index is 9.03. The number of pyridine rings is 1. The molecular formula is C16H23N5O. The Bertz CT molecular complexity index is 614. The molecule has 0 radical (unpaired) electrons. The highest BCUT2D eigenvalue weighted by molar-refractivity contribution is 5.43. The zero-order chi connectivity index (χ0) is 15.5. The molecule has 22 heavy (non-hydrogen) atoms. The standard InChI is InChI=1S/C16H23N5O/c1-12-5-8-20(9-6-12)16-4-3-14(11-17-16)21-13(2)15(7-10-22)18-19-21/h3-4,11-12,22H,5-10H2,1-2H3. The van der Waals surface area contributed by atoms with E-state index in [1.54, 1.807) is 4.68 Å². The zero-order valence-electron chi connectivity index (χ0n) is 13.2. The third kappa shape index (κ3) is 2.97. The number of anilines is 1. The van der Waals surface area contributed by atoms with Crippen LogP contribution in [0.2, 0.25) is 0 Å². The second kappa shape index (κ2) is 6.44. The molecule has 0 amide bonds. The number of aliphatic hydroxyl groups excluding tert-OH is 1. The predicted molar refractivity (Wildman–Crippen MR) is 85.3 cm³/mol. The van der Waals surface area contributed by atoms with E-state index in [0.717, 1.165) is 41.9 Å². The van der Waals surface area contributed by atoms with Gasteiger partial charge in [-0.15, -0.1) is 5.10 Å². The first kappa shape index (κ1) is 15.0. The summed E-state index contributed by atoms with van der Waals surface area (Å²) in [5, 5.41) is 17.3. The Kier molecular flexibility index (Phi) is 4.38. The van der Waals surface area contributed by atoms with Crippen LogP contribution >= 0.6 is 0 Å². The first-order valence-corrected chi connectivity index (χ1v) is 7.92. The highest BCUT2D eigenvalue weighted by atomic mass is 16.3. The maximum Gasteiger partial charge on any atom is 0.128 e. The molecule has 0 spiro atoms. The summed E-state index contributed by atoms with van der Waals surface area (Å²) in [5.41, 5.74) is 2.69. The van der Waals surface area contributed by atoms with Crippen molar-refractivity contribution in [2.75, 3.05) is 24.6 Å². The summed E-state index contributed by atoms with van der Waals surface area (Å²) in [4.78, 5) is 6.93. The van der Waals surface area contributed by atoms with Crippen molar-refractivity contribution in [2.24, 2.45) is 5.92 Å². The largest absolute Gasteiger partial charge is 0.396 e. The van der Waals surface area contributed by atoms with Gasteiger partial charge in [-0.3, -0.25) is 0 Å². The molecule has 2 aromatic rings. The quantitative estimate of drug-likeness (QED) is 0.932. The van der Waals surface area contributed by atoms with Crippen molar-refractivity contribution in [3.05, 3.63) is 29.7 Å². The second-order valence-corrected chi connectivity index (χ2v) is 6.05. The normalized spacial score (nSPS) is 16.2. The van der Waals surface area contributed by atoms with E-state index >= 15 is 0 Å². The fourth-order valence-electron chi connectivity index (χ4n) is 2.87. The van der Waals surface area contributed by atoms with Gasteiger partial charge in [0, 0.05) is 26.1 Å². The van der Waals surface area contributed by atoms with Gasteiger partial charge in [0.2, 0.25) is 0 Å². The lowest BCUT2D eigenvalue weighted by atomic mass is 9.99. The van der Waals surface area contributed by atoms with Gasteiger partial charge in [0.25, 0.3) is 0 Å². The summed E-state index contributed by atoms with van der Waals surface area (Å²) in [6.07, 6.45) is 4.84. The third-order valence-corrected chi connectivity index (χ3v) is 4.42. The predicted octanol–water partition coefficient (Wildman–Crippen LogP) is 1.74. The molecule has 3 rings (SSSR count). The van der Waals surface area contributed by atoms with Crippen LogP contribution in [-0.2, 0) is 6.42 Å². The van der Waals surface area contributed by atoms with E-state index in [1.165, 1.54) is 12.8 Å². The molecule has 1 N–H and O–H groups in total. The van der Waals surface area contributed by atoms with Gasteiger partial charge in [-0.1, -0.05) is 12.1 Å². The lowest BCUT2D eigenvalue weighted by molar-refractivity contribution is 0.298. The molecule has 1 aliphatic rings. The van der Waals surface area contributed by atoms with Crippen LogP contribution in [0.1, 0.15) is 31.2 Å². The summed E-state index contributed by atoms with van der Waals surface area (Å²) in [6, 6.07) is 4.09. The molecule has 3 heterocycles. The number of aliphatic hydroxyl groups is 1. The Hall–Kier alpha value is -1.95. The number of aromatic nitrogens is 4. The van der Waals surface area contributed by atoms with Gasteiger partial charge in [0.15, 0.2) is 0 Å². The van der Waals surface area contributed by atoms with Crippen LogP contribution in [0.15, 0.2) is 18.3 Å². The molecule has 1 aliphatic heterocycles. The van der Waals surface area contributed by atoms with Gasteiger partial charge >= 0.3 is 0 Å². The highest BCUT2D eigenvalue weighted by Gasteiger charge is 2.17. The molecule has 6 nitrogen and oxygen atoms in total. The monoisotopic (exact) mass is 301 g/mol. The van der Waals surface area contributed by atoms with Gasteiger partial charge in [-0.05, 0) is 37.8 Å². The third-order valence-electron chi connectivity index (χ3n) is 4.42. The molecular weight excluding hydrogens is 278 g/mol. The van der Waals surface area contributed by atoms with Crippen LogP contribution in [0, 0.1) is 12.8 Å². The van der Waals surface area contributed by atoms with Gasteiger partial charge in [-0.2, -0.15) is 0 Å². The Labute approximate surface area is 130 Å². The van der Waals surface area contributed by atoms with E-state index in [-0.39, 0.29) is 6.61 Å². The number of nitrogens with zero attached hydrogens (tertiary/aromatic N) is 5. The minimum Gasteiger partial charge on any atom is -0.396 e. The lowest BCUT2D eigenvalue weighted by Crippen LogP contribution is -2.33. The number of hydrogen-bond donors (Lipinski definition) is 1. The van der Waals surface area contributed by atoms with E-state index in [2.05, 4.69) is 33.2 Å². The van der Waals surface area contributed by atoms with Crippen LogP contribution in [0.5, 0.6) is 0 Å². The Morgan fingerprint density at radius 3 is 2.68 bits per heavy atom. The van der Waals surface area contributed by atoms with Crippen LogP contribution in [0.3, 0.4) is 0 Å². The molecule has 1 saturated heterocycles. The molecule has 0 aromatic carbocycles. The fraction of sp³-hybridized carbons (Fsp3) is 0.562. The maximum absolute atomic E-state index is 9.03. The van der Waals surface area contributed by atoms with E-state index < -0.39 is 0 Å². The Balaban J connectivity index is 1.77. The first-order chi connectivity index (χ1) is 10.7. The minimum absolute atomic E-state index is 0.0874. The average molecular weight is 301 g/mol. The van der Waals surface area contributed by atoms with E-state index in [1.807, 2.05) is 19.2 Å². The van der Waals surface area contributed by atoms with Crippen molar-refractivity contribution in [2.45, 2.75) is 33.1 Å². The molecule has 1 fully saturated rings. The van der Waals surface area contributed by atoms with Crippen molar-refractivity contribution in [1.82, 2.24) is 20.0 Å². The van der Waals surface area contributed by atoms with E-state index in [4.69, 9.17) is 5.11 Å². The van der Waals surface area contributed by atoms with Crippen LogP contribution < -0.4 is 4.90 Å². The van der Waals surface area contributed by atoms with Crippen LogP contribution in [-0.4, -0.2) is 44.8 Å². The molecule has 0 aliphatic carbocycles. The van der Waals surface area contributed by atoms with Crippen molar-refractivity contribution in [1.29, 1.82) is 0 Å². The van der Waals surface area contributed by atoms with Gasteiger partial charge < -0.3 is 10.0 Å². The van der Waals surface area contributed by atoms with Gasteiger partial charge in [0.05, 0.1) is 23.3 Å². The van der Waals surface area contributed by atoms with E-state index in [0.29, 0.717) is 6.42 Å². The molecule has 0 saturated carbocycles. The first-order valence-electron chi connectivity index (χ1n) is 7.92. The van der Waals surface area contributed by atoms with E-state index in [9.17, 15) is 0 Å². The fourth-order valence-corrected chi connectivity index (χ4v) is 2.87. The zero-order valence-corrected chi connectivity index (χ0v) is 13.2. The van der Waals surface area contributed by atoms with Crippen molar-refractivity contribution in [3.63, 3.8) is 0 Å². The molecule has 118 valence electrons. The van der Waals surface area contributed by atoms with Crippen LogP contribution in [0.4, 0.5) is 5.82 Å². The summed E-state index contributed by atoms with van der Waals surface area (Å²) in [6.45, 7) is 6.52. The van der Waals surface area contributed by atoms with Crippen molar-refractivity contribution >= 4 is 5.82 Å². The summed E-state index contributed by atoms with van der Waals surface area (Å²) >= 11 is 0. The smallest absolute Gasteiger partial charge is 0.128 e. The second-order valence-electron chi connectivity index (χ2n) is 6.05. The molecule has 2 aromatic heterocycles. The summed E-state index contributed by atoms with van der Waals surface area (Å²) in [7, 11) is 0. The average Bonchev–Trinajstić information content (AvgIpc) is 2.90. The van der Waals surface area contributed by atoms with Crippen molar-refractivity contribution in [3.8, 4) is 5.69 Å². The Morgan fingerprint density at radius 1 is 1.27 bits per heavy atom. The lowest BCUT2D eigenvalue weighted by Gasteiger charge is -2.31. The summed E-state index contributed by atoms with van der Waals surface area (Å²) in [5.74, 6) is 1.85. The van der Waals surface area contributed by atoms with Crippen LogP contribution in [0.25, 0.3) is 5.69 Å². The molecule has 6 heteroatoms. The number of piperidine rings is 1. The summed E-state index contributed by atoms with van der Waals surface area (Å²) < 4.78 is 1.78.